The Labute approximate surface area is 141 Å². The van der Waals surface area contributed by atoms with E-state index >= 15 is 0 Å². The van der Waals surface area contributed by atoms with E-state index in [0.29, 0.717) is 11.7 Å². The lowest BCUT2D eigenvalue weighted by Crippen LogP contribution is -2.36. The number of aromatic hydroxyl groups is 1. The molecule has 2 N–H and O–H groups in total. The molecule has 2 aromatic rings. The molecule has 1 atom stereocenters. The van der Waals surface area contributed by atoms with Crippen molar-refractivity contribution in [2.75, 3.05) is 0 Å². The summed E-state index contributed by atoms with van der Waals surface area (Å²) >= 11 is 5.53. The minimum absolute atomic E-state index is 0.0753. The van der Waals surface area contributed by atoms with Crippen LogP contribution in [0.3, 0.4) is 0 Å². The largest absolute Gasteiger partial charge is 0.508 e. The maximum absolute atomic E-state index is 9.46. The lowest BCUT2D eigenvalue weighted by Gasteiger charge is -2.25. The third-order valence-corrected chi connectivity index (χ3v) is 4.17. The van der Waals surface area contributed by atoms with Crippen LogP contribution in [0.15, 0.2) is 59.7 Å². The monoisotopic (exact) mass is 325 g/mol. The van der Waals surface area contributed by atoms with E-state index in [1.54, 1.807) is 12.1 Å². The minimum atomic E-state index is 0.0753. The molecule has 1 unspecified atom stereocenters. The van der Waals surface area contributed by atoms with Gasteiger partial charge in [-0.3, -0.25) is 0 Å². The van der Waals surface area contributed by atoms with Gasteiger partial charge in [-0.1, -0.05) is 42.5 Å². The third kappa shape index (κ3) is 3.68. The Morgan fingerprint density at radius 3 is 2.61 bits per heavy atom. The van der Waals surface area contributed by atoms with Gasteiger partial charge >= 0.3 is 0 Å². The summed E-state index contributed by atoms with van der Waals surface area (Å²) in [6.45, 7) is 2.68. The molecule has 0 spiro atoms. The Kier molecular flexibility index (Phi) is 4.57. The van der Waals surface area contributed by atoms with Gasteiger partial charge in [-0.25, -0.2) is 5.01 Å². The van der Waals surface area contributed by atoms with Gasteiger partial charge in [0.1, 0.15) is 5.75 Å². The summed E-state index contributed by atoms with van der Waals surface area (Å²) in [4.78, 5) is 0. The Balaban J connectivity index is 1.71. The van der Waals surface area contributed by atoms with Crippen LogP contribution in [0, 0.1) is 0 Å². The highest BCUT2D eigenvalue weighted by atomic mass is 32.1. The number of rotatable bonds is 3. The second-order valence-corrected chi connectivity index (χ2v) is 6.02. The fraction of sp³-hybridized carbons (Fsp3) is 0.222. The van der Waals surface area contributed by atoms with Crippen molar-refractivity contribution < 1.29 is 5.11 Å². The van der Waals surface area contributed by atoms with Crippen LogP contribution >= 0.6 is 12.2 Å². The van der Waals surface area contributed by atoms with E-state index in [9.17, 15) is 5.11 Å². The molecule has 0 aliphatic carbocycles. The van der Waals surface area contributed by atoms with Gasteiger partial charge in [0.25, 0.3) is 0 Å². The fourth-order valence-electron chi connectivity index (χ4n) is 2.66. The molecular formula is C18H19N3OS. The second kappa shape index (κ2) is 6.79. The Hall–Kier alpha value is -2.40. The number of hydrogen-bond acceptors (Lipinski definition) is 3. The predicted octanol–water partition coefficient (Wildman–Crippen LogP) is 3.59. The van der Waals surface area contributed by atoms with Gasteiger partial charge < -0.3 is 10.4 Å². The molecule has 3 rings (SSSR count). The predicted molar refractivity (Wildman–Crippen MR) is 96.3 cm³/mol. The lowest BCUT2D eigenvalue weighted by molar-refractivity contribution is 0.363. The van der Waals surface area contributed by atoms with Gasteiger partial charge in [0.05, 0.1) is 6.04 Å². The molecule has 118 valence electrons. The molecule has 23 heavy (non-hydrogen) atoms. The van der Waals surface area contributed by atoms with Crippen LogP contribution in [0.4, 0.5) is 0 Å². The van der Waals surface area contributed by atoms with Crippen molar-refractivity contribution in [2.24, 2.45) is 5.10 Å². The van der Waals surface area contributed by atoms with E-state index in [-0.39, 0.29) is 11.8 Å². The average molecular weight is 325 g/mol. The van der Waals surface area contributed by atoms with Crippen molar-refractivity contribution in [3.8, 4) is 5.75 Å². The summed E-state index contributed by atoms with van der Waals surface area (Å²) in [6, 6.07) is 17.4. The first-order valence-corrected chi connectivity index (χ1v) is 7.98. The topological polar surface area (TPSA) is 47.9 Å². The first kappa shape index (κ1) is 15.5. The summed E-state index contributed by atoms with van der Waals surface area (Å²) in [5.41, 5.74) is 3.31. The zero-order valence-electron chi connectivity index (χ0n) is 12.9. The molecule has 0 bridgehead atoms. The molecule has 0 saturated carbocycles. The van der Waals surface area contributed by atoms with E-state index in [1.165, 1.54) is 5.56 Å². The Morgan fingerprint density at radius 2 is 1.91 bits per heavy atom. The molecule has 0 fully saturated rings. The highest BCUT2D eigenvalue weighted by Crippen LogP contribution is 2.31. The van der Waals surface area contributed by atoms with Crippen molar-refractivity contribution >= 4 is 23.0 Å². The Bertz CT molecular complexity index is 713. The highest BCUT2D eigenvalue weighted by molar-refractivity contribution is 7.80. The molecule has 0 radical (unpaired) electrons. The molecule has 2 aromatic carbocycles. The number of hydrogen-bond donors (Lipinski definition) is 2. The smallest absolute Gasteiger partial charge is 0.190 e. The number of thiocarbonyl (C=S) groups is 1. The van der Waals surface area contributed by atoms with Gasteiger partial charge in [-0.2, -0.15) is 5.10 Å². The van der Waals surface area contributed by atoms with E-state index in [1.807, 2.05) is 42.3 Å². The molecule has 1 aliphatic rings. The summed E-state index contributed by atoms with van der Waals surface area (Å²) in [6.07, 6.45) is 0.831. The Morgan fingerprint density at radius 1 is 1.22 bits per heavy atom. The fourth-order valence-corrected chi connectivity index (χ4v) is 2.90. The van der Waals surface area contributed by atoms with Crippen molar-refractivity contribution in [3.63, 3.8) is 0 Å². The van der Waals surface area contributed by atoms with Crippen LogP contribution in [0.2, 0.25) is 0 Å². The van der Waals surface area contributed by atoms with Gasteiger partial charge in [-0.05, 0) is 42.4 Å². The minimum Gasteiger partial charge on any atom is -0.508 e. The van der Waals surface area contributed by atoms with Gasteiger partial charge in [0.2, 0.25) is 0 Å². The van der Waals surface area contributed by atoms with Crippen molar-refractivity contribution in [1.29, 1.82) is 0 Å². The maximum atomic E-state index is 9.46. The summed E-state index contributed by atoms with van der Waals surface area (Å²) in [5, 5.41) is 19.8. The number of nitrogens with one attached hydrogen (secondary N) is 1. The molecule has 0 aromatic heterocycles. The SMILES string of the molecule is CC1=NN(C(=S)NCc2ccccc2)C(c2ccc(O)cc2)C1. The summed E-state index contributed by atoms with van der Waals surface area (Å²) in [7, 11) is 0. The second-order valence-electron chi connectivity index (χ2n) is 5.64. The normalized spacial score (nSPS) is 17.0. The molecule has 0 amide bonds. The van der Waals surface area contributed by atoms with Crippen molar-refractivity contribution in [3.05, 3.63) is 65.7 Å². The first-order valence-electron chi connectivity index (χ1n) is 7.57. The zero-order chi connectivity index (χ0) is 16.2. The first-order chi connectivity index (χ1) is 11.1. The molecule has 1 aliphatic heterocycles. The molecule has 4 nitrogen and oxygen atoms in total. The average Bonchev–Trinajstić information content (AvgIpc) is 2.96. The quantitative estimate of drug-likeness (QED) is 0.847. The van der Waals surface area contributed by atoms with Crippen LogP contribution in [-0.4, -0.2) is 20.9 Å². The molecule has 5 heteroatoms. The van der Waals surface area contributed by atoms with Crippen LogP contribution in [0.1, 0.15) is 30.5 Å². The van der Waals surface area contributed by atoms with Crippen LogP contribution in [0.5, 0.6) is 5.75 Å². The summed E-state index contributed by atoms with van der Waals surface area (Å²) in [5.74, 6) is 0.265. The molecular weight excluding hydrogens is 306 g/mol. The molecule has 1 heterocycles. The standard InChI is InChI=1S/C18H19N3OS/c1-13-11-17(15-7-9-16(22)10-8-15)21(20-13)18(23)19-12-14-5-3-2-4-6-14/h2-10,17,22H,11-12H2,1H3,(H,19,23). The van der Waals surface area contributed by atoms with Gasteiger partial charge in [0.15, 0.2) is 5.11 Å². The number of phenolic OH excluding ortho intramolecular Hbond substituents is 1. The van der Waals surface area contributed by atoms with Crippen LogP contribution < -0.4 is 5.32 Å². The van der Waals surface area contributed by atoms with E-state index in [2.05, 4.69) is 22.6 Å². The van der Waals surface area contributed by atoms with Gasteiger partial charge in [0, 0.05) is 18.7 Å². The number of hydrazone groups is 1. The van der Waals surface area contributed by atoms with Crippen LogP contribution in [-0.2, 0) is 6.54 Å². The van der Waals surface area contributed by atoms with Crippen molar-refractivity contribution in [2.45, 2.75) is 25.9 Å². The summed E-state index contributed by atoms with van der Waals surface area (Å²) < 4.78 is 0. The van der Waals surface area contributed by atoms with E-state index in [4.69, 9.17) is 12.2 Å². The van der Waals surface area contributed by atoms with Crippen molar-refractivity contribution in [1.82, 2.24) is 10.3 Å². The zero-order valence-corrected chi connectivity index (χ0v) is 13.8. The number of nitrogens with zero attached hydrogens (tertiary/aromatic N) is 2. The molecule has 0 saturated heterocycles. The maximum Gasteiger partial charge on any atom is 0.190 e. The highest BCUT2D eigenvalue weighted by Gasteiger charge is 2.28. The van der Waals surface area contributed by atoms with E-state index in [0.717, 1.165) is 17.7 Å². The number of phenols is 1. The third-order valence-electron chi connectivity index (χ3n) is 3.83. The van der Waals surface area contributed by atoms with Gasteiger partial charge in [-0.15, -0.1) is 0 Å². The lowest BCUT2D eigenvalue weighted by atomic mass is 10.0. The van der Waals surface area contributed by atoms with E-state index < -0.39 is 0 Å². The number of benzene rings is 2. The van der Waals surface area contributed by atoms with Crippen LogP contribution in [0.25, 0.3) is 0 Å².